The van der Waals surface area contributed by atoms with Gasteiger partial charge in [-0.2, -0.15) is 0 Å². The van der Waals surface area contributed by atoms with E-state index in [-0.39, 0.29) is 13.2 Å². The number of halogens is 2. The van der Waals surface area contributed by atoms with Crippen LogP contribution in [0.15, 0.2) is 24.3 Å². The van der Waals surface area contributed by atoms with Crippen molar-refractivity contribution in [2.45, 2.75) is 5.92 Å². The molecule has 0 fully saturated rings. The minimum atomic E-state index is -3.09. The summed E-state index contributed by atoms with van der Waals surface area (Å²) in [5, 5.41) is 10.9. The highest BCUT2D eigenvalue weighted by Gasteiger charge is 2.26. The molecule has 2 N–H and O–H groups in total. The van der Waals surface area contributed by atoms with Gasteiger partial charge in [0.15, 0.2) is 11.5 Å². The van der Waals surface area contributed by atoms with Crippen LogP contribution in [0, 0.1) is 0 Å². The van der Waals surface area contributed by atoms with Crippen LogP contribution in [0.4, 0.5) is 8.78 Å². The van der Waals surface area contributed by atoms with Gasteiger partial charge in [0.2, 0.25) is 0 Å². The van der Waals surface area contributed by atoms with Crippen LogP contribution in [-0.4, -0.2) is 44.4 Å². The molecule has 0 bridgehead atoms. The number of hydrogen-bond acceptors (Lipinski definition) is 4. The summed E-state index contributed by atoms with van der Waals surface area (Å²) in [5.74, 6) is -1.93. The molecule has 0 aliphatic rings. The van der Waals surface area contributed by atoms with Crippen LogP contribution in [0.5, 0.6) is 11.5 Å². The Morgan fingerprint density at radius 1 is 1.28 bits per heavy atom. The van der Waals surface area contributed by atoms with Crippen LogP contribution in [-0.2, 0) is 0 Å². The summed E-state index contributed by atoms with van der Waals surface area (Å²) < 4.78 is 35.8. The molecule has 6 heteroatoms. The number of ether oxygens (including phenoxy) is 2. The summed E-state index contributed by atoms with van der Waals surface area (Å²) in [6.07, 6.45) is 0. The average Bonchev–Trinajstić information content (AvgIpc) is 2.38. The normalized spacial score (nSPS) is 11.3. The largest absolute Gasteiger partial charge is 0.493 e. The monoisotopic (exact) mass is 261 g/mol. The molecule has 1 rings (SSSR count). The Morgan fingerprint density at radius 2 is 1.94 bits per heavy atom. The Hall–Kier alpha value is -1.40. The fourth-order valence-corrected chi connectivity index (χ4v) is 1.30. The lowest BCUT2D eigenvalue weighted by atomic mass is 10.3. The van der Waals surface area contributed by atoms with Gasteiger partial charge in [0.05, 0.1) is 13.7 Å². The predicted molar refractivity (Wildman–Crippen MR) is 63.4 cm³/mol. The van der Waals surface area contributed by atoms with Crippen molar-refractivity contribution < 1.29 is 23.4 Å². The summed E-state index contributed by atoms with van der Waals surface area (Å²) in [6, 6.07) is 7.10. The van der Waals surface area contributed by atoms with Gasteiger partial charge >= 0.3 is 0 Å². The van der Waals surface area contributed by atoms with Crippen LogP contribution in [0.2, 0.25) is 0 Å². The molecule has 1 aromatic carbocycles. The van der Waals surface area contributed by atoms with Gasteiger partial charge in [-0.15, -0.1) is 0 Å². The van der Waals surface area contributed by atoms with Crippen LogP contribution in [0.3, 0.4) is 0 Å². The van der Waals surface area contributed by atoms with Crippen molar-refractivity contribution in [3.63, 3.8) is 0 Å². The first-order chi connectivity index (χ1) is 8.59. The highest BCUT2D eigenvalue weighted by molar-refractivity contribution is 5.39. The molecule has 0 saturated heterocycles. The van der Waals surface area contributed by atoms with E-state index in [1.165, 1.54) is 7.11 Å². The lowest BCUT2D eigenvalue weighted by Gasteiger charge is -2.14. The van der Waals surface area contributed by atoms with Gasteiger partial charge in [-0.3, -0.25) is 0 Å². The lowest BCUT2D eigenvalue weighted by molar-refractivity contribution is -0.0477. The summed E-state index contributed by atoms with van der Waals surface area (Å²) in [5.41, 5.74) is 0. The van der Waals surface area contributed by atoms with Crippen molar-refractivity contribution in [3.05, 3.63) is 24.3 Å². The van der Waals surface area contributed by atoms with Crippen LogP contribution < -0.4 is 14.8 Å². The minimum absolute atomic E-state index is 0.238. The van der Waals surface area contributed by atoms with Crippen LogP contribution in [0.1, 0.15) is 0 Å². The number of alkyl halides is 2. The summed E-state index contributed by atoms with van der Waals surface area (Å²) in [6.45, 7) is -1.23. The van der Waals surface area contributed by atoms with Gasteiger partial charge in [0.25, 0.3) is 5.92 Å². The second-order valence-corrected chi connectivity index (χ2v) is 3.69. The number of rotatable bonds is 8. The van der Waals surface area contributed by atoms with Gasteiger partial charge in [0.1, 0.15) is 13.2 Å². The molecule has 0 atom stereocenters. The van der Waals surface area contributed by atoms with Crippen molar-refractivity contribution in [1.29, 1.82) is 0 Å². The molecule has 0 saturated carbocycles. The Balaban J connectivity index is 2.26. The zero-order chi connectivity index (χ0) is 13.4. The molecular weight excluding hydrogens is 244 g/mol. The first-order valence-corrected chi connectivity index (χ1v) is 5.54. The molecule has 0 radical (unpaired) electrons. The third-order valence-corrected chi connectivity index (χ3v) is 2.22. The van der Waals surface area contributed by atoms with E-state index in [0.29, 0.717) is 11.5 Å². The first kappa shape index (κ1) is 14.7. The standard InChI is InChI=1S/C12H17F2NO3/c1-17-10-4-2-3-5-11(10)18-7-6-15-8-12(13,14)9-16/h2-5,15-16H,6-9H2,1H3. The molecule has 0 spiro atoms. The van der Waals surface area contributed by atoms with E-state index in [0.717, 1.165) is 0 Å². The molecule has 18 heavy (non-hydrogen) atoms. The molecular formula is C12H17F2NO3. The Labute approximate surface area is 105 Å². The van der Waals surface area contributed by atoms with Gasteiger partial charge in [-0.1, -0.05) is 12.1 Å². The molecule has 0 aromatic heterocycles. The number of nitrogens with one attached hydrogen (secondary N) is 1. The second-order valence-electron chi connectivity index (χ2n) is 3.69. The molecule has 4 nitrogen and oxygen atoms in total. The lowest BCUT2D eigenvalue weighted by Crippen LogP contribution is -2.37. The third kappa shape index (κ3) is 4.85. The predicted octanol–water partition coefficient (Wildman–Crippen LogP) is 1.29. The molecule has 0 aliphatic heterocycles. The summed E-state index contributed by atoms with van der Waals surface area (Å²) in [7, 11) is 1.53. The fourth-order valence-electron chi connectivity index (χ4n) is 1.30. The van der Waals surface area contributed by atoms with E-state index in [4.69, 9.17) is 14.6 Å². The van der Waals surface area contributed by atoms with Crippen LogP contribution >= 0.6 is 0 Å². The molecule has 102 valence electrons. The highest BCUT2D eigenvalue weighted by Crippen LogP contribution is 2.25. The maximum Gasteiger partial charge on any atom is 0.282 e. The van der Waals surface area contributed by atoms with E-state index in [1.54, 1.807) is 18.2 Å². The van der Waals surface area contributed by atoms with Gasteiger partial charge in [-0.05, 0) is 12.1 Å². The maximum absolute atomic E-state index is 12.6. The molecule has 0 aliphatic carbocycles. The van der Waals surface area contributed by atoms with E-state index in [1.807, 2.05) is 6.07 Å². The Bertz CT molecular complexity index is 361. The minimum Gasteiger partial charge on any atom is -0.493 e. The molecule has 0 heterocycles. The zero-order valence-electron chi connectivity index (χ0n) is 10.2. The van der Waals surface area contributed by atoms with Crippen LogP contribution in [0.25, 0.3) is 0 Å². The first-order valence-electron chi connectivity index (χ1n) is 5.54. The van der Waals surface area contributed by atoms with E-state index >= 15 is 0 Å². The number of hydrogen-bond donors (Lipinski definition) is 2. The number of benzene rings is 1. The number of methoxy groups -OCH3 is 1. The zero-order valence-corrected chi connectivity index (χ0v) is 10.2. The quantitative estimate of drug-likeness (QED) is 0.692. The number of aliphatic hydroxyl groups is 1. The molecule has 0 amide bonds. The smallest absolute Gasteiger partial charge is 0.282 e. The van der Waals surface area contributed by atoms with Gasteiger partial charge < -0.3 is 19.9 Å². The van der Waals surface area contributed by atoms with Crippen molar-refractivity contribution in [2.24, 2.45) is 0 Å². The second kappa shape index (κ2) is 7.13. The summed E-state index contributed by atoms with van der Waals surface area (Å²) in [4.78, 5) is 0. The van der Waals surface area contributed by atoms with E-state index in [9.17, 15) is 8.78 Å². The molecule has 0 unspecified atom stereocenters. The van der Waals surface area contributed by atoms with Gasteiger partial charge in [-0.25, -0.2) is 8.78 Å². The number of aliphatic hydroxyl groups excluding tert-OH is 1. The Kier molecular flexibility index (Phi) is 5.80. The third-order valence-electron chi connectivity index (χ3n) is 2.22. The van der Waals surface area contributed by atoms with Gasteiger partial charge in [0, 0.05) is 6.54 Å². The van der Waals surface area contributed by atoms with Crippen molar-refractivity contribution in [2.75, 3.05) is 33.4 Å². The fraction of sp³-hybridized carbons (Fsp3) is 0.500. The van der Waals surface area contributed by atoms with Crippen molar-refractivity contribution in [1.82, 2.24) is 5.32 Å². The highest BCUT2D eigenvalue weighted by atomic mass is 19.3. The average molecular weight is 261 g/mol. The van der Waals surface area contributed by atoms with E-state index in [2.05, 4.69) is 5.32 Å². The molecule has 1 aromatic rings. The van der Waals surface area contributed by atoms with Crippen molar-refractivity contribution >= 4 is 0 Å². The van der Waals surface area contributed by atoms with E-state index < -0.39 is 19.1 Å². The maximum atomic E-state index is 12.6. The van der Waals surface area contributed by atoms with Crippen molar-refractivity contribution in [3.8, 4) is 11.5 Å². The Morgan fingerprint density at radius 3 is 2.56 bits per heavy atom. The number of para-hydroxylation sites is 2. The SMILES string of the molecule is COc1ccccc1OCCNCC(F)(F)CO. The topological polar surface area (TPSA) is 50.7 Å². The summed E-state index contributed by atoms with van der Waals surface area (Å²) >= 11 is 0.